The summed E-state index contributed by atoms with van der Waals surface area (Å²) in [6, 6.07) is 6.14. The standard InChI is InChI=1S/C13H17NO2/c1-9(2)14-8-11-4-3-10(5-6-15)7-12(11)13(14)16/h3-4,7,9,15H,5-6,8H2,1-2H3. The van der Waals surface area contributed by atoms with E-state index in [-0.39, 0.29) is 18.6 Å². The first-order chi connectivity index (χ1) is 7.63. The molecular formula is C13H17NO2. The van der Waals surface area contributed by atoms with Crippen LogP contribution < -0.4 is 0 Å². The number of nitrogens with zero attached hydrogens (tertiary/aromatic N) is 1. The fourth-order valence-corrected chi connectivity index (χ4v) is 2.07. The van der Waals surface area contributed by atoms with Crippen molar-refractivity contribution in [2.24, 2.45) is 0 Å². The zero-order chi connectivity index (χ0) is 11.7. The molecule has 1 aromatic rings. The molecular weight excluding hydrogens is 202 g/mol. The van der Waals surface area contributed by atoms with Gasteiger partial charge in [0.2, 0.25) is 0 Å². The van der Waals surface area contributed by atoms with Crippen molar-refractivity contribution in [2.75, 3.05) is 6.61 Å². The van der Waals surface area contributed by atoms with E-state index in [4.69, 9.17) is 5.11 Å². The van der Waals surface area contributed by atoms with Gasteiger partial charge in [-0.25, -0.2) is 0 Å². The lowest BCUT2D eigenvalue weighted by atomic mass is 10.0. The van der Waals surface area contributed by atoms with Gasteiger partial charge in [0.05, 0.1) is 0 Å². The second-order valence-corrected chi connectivity index (χ2v) is 4.49. The number of rotatable bonds is 3. The normalized spacial score (nSPS) is 14.8. The Balaban J connectivity index is 2.30. The summed E-state index contributed by atoms with van der Waals surface area (Å²) in [7, 11) is 0. The van der Waals surface area contributed by atoms with E-state index < -0.39 is 0 Å². The van der Waals surface area contributed by atoms with Gasteiger partial charge in [-0.05, 0) is 37.5 Å². The second-order valence-electron chi connectivity index (χ2n) is 4.49. The predicted octanol–water partition coefficient (Wildman–Crippen LogP) is 1.59. The highest BCUT2D eigenvalue weighted by atomic mass is 16.3. The maximum absolute atomic E-state index is 12.1. The van der Waals surface area contributed by atoms with Crippen molar-refractivity contribution in [2.45, 2.75) is 32.9 Å². The Bertz CT molecular complexity index is 412. The molecule has 0 aromatic heterocycles. The van der Waals surface area contributed by atoms with Crippen molar-refractivity contribution in [1.29, 1.82) is 0 Å². The van der Waals surface area contributed by atoms with Crippen LogP contribution in [0.4, 0.5) is 0 Å². The first kappa shape index (κ1) is 11.1. The highest BCUT2D eigenvalue weighted by molar-refractivity contribution is 5.98. The zero-order valence-electron chi connectivity index (χ0n) is 9.73. The fourth-order valence-electron chi connectivity index (χ4n) is 2.07. The van der Waals surface area contributed by atoms with E-state index in [0.717, 1.165) is 16.7 Å². The lowest BCUT2D eigenvalue weighted by Crippen LogP contribution is -2.30. The highest BCUT2D eigenvalue weighted by Gasteiger charge is 2.28. The van der Waals surface area contributed by atoms with Gasteiger partial charge in [0.15, 0.2) is 0 Å². The van der Waals surface area contributed by atoms with Crippen LogP contribution in [0.1, 0.15) is 35.3 Å². The summed E-state index contributed by atoms with van der Waals surface area (Å²) in [5.41, 5.74) is 2.93. The van der Waals surface area contributed by atoms with Crippen LogP contribution in [0.2, 0.25) is 0 Å². The zero-order valence-corrected chi connectivity index (χ0v) is 9.73. The first-order valence-corrected chi connectivity index (χ1v) is 5.67. The Hall–Kier alpha value is -1.35. The van der Waals surface area contributed by atoms with E-state index in [9.17, 15) is 4.79 Å². The van der Waals surface area contributed by atoms with E-state index in [1.54, 1.807) is 0 Å². The minimum absolute atomic E-state index is 0.116. The Labute approximate surface area is 95.7 Å². The monoisotopic (exact) mass is 219 g/mol. The van der Waals surface area contributed by atoms with E-state index in [0.29, 0.717) is 13.0 Å². The third-order valence-corrected chi connectivity index (χ3v) is 3.03. The fraction of sp³-hybridized carbons (Fsp3) is 0.462. The Morgan fingerprint density at radius 3 is 2.81 bits per heavy atom. The molecule has 3 heteroatoms. The van der Waals surface area contributed by atoms with Crippen molar-refractivity contribution < 1.29 is 9.90 Å². The molecule has 1 amide bonds. The lowest BCUT2D eigenvalue weighted by molar-refractivity contribution is 0.0730. The van der Waals surface area contributed by atoms with Gasteiger partial charge in [-0.2, -0.15) is 0 Å². The van der Waals surface area contributed by atoms with Crippen molar-refractivity contribution >= 4 is 5.91 Å². The molecule has 86 valence electrons. The number of hydrogen-bond donors (Lipinski definition) is 1. The quantitative estimate of drug-likeness (QED) is 0.838. The molecule has 0 aliphatic carbocycles. The van der Waals surface area contributed by atoms with E-state index in [1.165, 1.54) is 0 Å². The van der Waals surface area contributed by atoms with Crippen molar-refractivity contribution in [1.82, 2.24) is 4.90 Å². The highest BCUT2D eigenvalue weighted by Crippen LogP contribution is 2.25. The molecule has 1 aliphatic heterocycles. The Morgan fingerprint density at radius 2 is 2.19 bits per heavy atom. The molecule has 0 saturated carbocycles. The van der Waals surface area contributed by atoms with Crippen molar-refractivity contribution in [3.63, 3.8) is 0 Å². The first-order valence-electron chi connectivity index (χ1n) is 5.67. The van der Waals surface area contributed by atoms with Crippen LogP contribution in [-0.4, -0.2) is 28.6 Å². The molecule has 0 radical (unpaired) electrons. The molecule has 0 bridgehead atoms. The molecule has 16 heavy (non-hydrogen) atoms. The Kier molecular flexibility index (Phi) is 2.97. The third kappa shape index (κ3) is 1.83. The SMILES string of the molecule is CC(C)N1Cc2ccc(CCO)cc2C1=O. The van der Waals surface area contributed by atoms with Gasteiger partial charge < -0.3 is 10.0 Å². The summed E-state index contributed by atoms with van der Waals surface area (Å²) in [5.74, 6) is 0.116. The number of aliphatic hydroxyl groups is 1. The van der Waals surface area contributed by atoms with Gasteiger partial charge in [0, 0.05) is 24.8 Å². The van der Waals surface area contributed by atoms with Crippen molar-refractivity contribution in [3.8, 4) is 0 Å². The molecule has 0 saturated heterocycles. The number of hydrogen-bond acceptors (Lipinski definition) is 2. The Morgan fingerprint density at radius 1 is 1.44 bits per heavy atom. The number of benzene rings is 1. The summed E-state index contributed by atoms with van der Waals surface area (Å²) in [6.07, 6.45) is 0.613. The molecule has 1 aliphatic rings. The van der Waals surface area contributed by atoms with Gasteiger partial charge in [0.1, 0.15) is 0 Å². The molecule has 3 nitrogen and oxygen atoms in total. The van der Waals surface area contributed by atoms with E-state index >= 15 is 0 Å². The maximum Gasteiger partial charge on any atom is 0.254 e. The van der Waals surface area contributed by atoms with E-state index in [1.807, 2.05) is 36.9 Å². The molecule has 1 aromatic carbocycles. The largest absolute Gasteiger partial charge is 0.396 e. The minimum Gasteiger partial charge on any atom is -0.396 e. The summed E-state index contributed by atoms with van der Waals surface area (Å²) >= 11 is 0. The van der Waals surface area contributed by atoms with Gasteiger partial charge in [-0.15, -0.1) is 0 Å². The van der Waals surface area contributed by atoms with Crippen LogP contribution in [0.5, 0.6) is 0 Å². The van der Waals surface area contributed by atoms with Gasteiger partial charge in [-0.1, -0.05) is 12.1 Å². The van der Waals surface area contributed by atoms with Gasteiger partial charge in [0.25, 0.3) is 5.91 Å². The second kappa shape index (κ2) is 4.26. The average Bonchev–Trinajstić information content (AvgIpc) is 2.57. The average molecular weight is 219 g/mol. The van der Waals surface area contributed by atoms with E-state index in [2.05, 4.69) is 0 Å². The van der Waals surface area contributed by atoms with Crippen LogP contribution in [-0.2, 0) is 13.0 Å². The molecule has 2 rings (SSSR count). The molecule has 1 heterocycles. The smallest absolute Gasteiger partial charge is 0.254 e. The summed E-state index contributed by atoms with van der Waals surface area (Å²) in [5, 5.41) is 8.88. The van der Waals surface area contributed by atoms with Crippen LogP contribution in [0, 0.1) is 0 Å². The third-order valence-electron chi connectivity index (χ3n) is 3.03. The number of carbonyl (C=O) groups is 1. The summed E-state index contributed by atoms with van der Waals surface area (Å²) in [4.78, 5) is 13.9. The lowest BCUT2D eigenvalue weighted by Gasteiger charge is -2.19. The van der Waals surface area contributed by atoms with Crippen LogP contribution in [0.3, 0.4) is 0 Å². The topological polar surface area (TPSA) is 40.5 Å². The summed E-state index contributed by atoms with van der Waals surface area (Å²) in [6.45, 7) is 4.89. The molecule has 0 spiro atoms. The number of amides is 1. The number of fused-ring (bicyclic) bond motifs is 1. The molecule has 1 N–H and O–H groups in total. The number of carbonyl (C=O) groups excluding carboxylic acids is 1. The molecule has 0 unspecified atom stereocenters. The predicted molar refractivity (Wildman–Crippen MR) is 62.2 cm³/mol. The van der Waals surface area contributed by atoms with Gasteiger partial charge in [-0.3, -0.25) is 4.79 Å². The van der Waals surface area contributed by atoms with Crippen LogP contribution in [0.15, 0.2) is 18.2 Å². The van der Waals surface area contributed by atoms with Crippen LogP contribution in [0.25, 0.3) is 0 Å². The van der Waals surface area contributed by atoms with Gasteiger partial charge >= 0.3 is 0 Å². The van der Waals surface area contributed by atoms with Crippen LogP contribution >= 0.6 is 0 Å². The molecule has 0 fully saturated rings. The number of aliphatic hydroxyl groups excluding tert-OH is 1. The summed E-state index contributed by atoms with van der Waals surface area (Å²) < 4.78 is 0. The minimum atomic E-state index is 0.116. The molecule has 0 atom stereocenters. The maximum atomic E-state index is 12.1. The van der Waals surface area contributed by atoms with Crippen molar-refractivity contribution in [3.05, 3.63) is 34.9 Å².